The van der Waals surface area contributed by atoms with Gasteiger partial charge in [0.1, 0.15) is 5.82 Å². The summed E-state index contributed by atoms with van der Waals surface area (Å²) < 4.78 is 2.06. The minimum absolute atomic E-state index is 0.0326. The maximum atomic E-state index is 13.1. The van der Waals surface area contributed by atoms with E-state index in [1.807, 2.05) is 41.0 Å². The Balaban J connectivity index is 1.42. The fourth-order valence-electron chi connectivity index (χ4n) is 4.76. The molecule has 1 aliphatic heterocycles. The van der Waals surface area contributed by atoms with Gasteiger partial charge < -0.3 is 9.80 Å². The van der Waals surface area contributed by atoms with Gasteiger partial charge in [-0.25, -0.2) is 0 Å². The summed E-state index contributed by atoms with van der Waals surface area (Å²) in [6.45, 7) is 7.99. The molecule has 1 aromatic heterocycles. The third-order valence-electron chi connectivity index (χ3n) is 6.78. The summed E-state index contributed by atoms with van der Waals surface area (Å²) in [5.41, 5.74) is 3.31. The molecule has 4 rings (SSSR count). The van der Waals surface area contributed by atoms with Gasteiger partial charge in [-0.2, -0.15) is 0 Å². The molecular weight excluding hydrogens is 482 g/mol. The van der Waals surface area contributed by atoms with E-state index in [2.05, 4.69) is 58.9 Å². The van der Waals surface area contributed by atoms with Gasteiger partial charge in [-0.1, -0.05) is 74.0 Å². The second-order valence-electron chi connectivity index (χ2n) is 9.76. The molecule has 37 heavy (non-hydrogen) atoms. The van der Waals surface area contributed by atoms with Gasteiger partial charge in [0.2, 0.25) is 11.8 Å². The number of aromatic nitrogens is 3. The lowest BCUT2D eigenvalue weighted by molar-refractivity contribution is -0.141. The number of benzene rings is 2. The predicted octanol–water partition coefficient (Wildman–Crippen LogP) is 4.90. The van der Waals surface area contributed by atoms with E-state index in [0.29, 0.717) is 37.6 Å². The maximum absolute atomic E-state index is 13.1. The van der Waals surface area contributed by atoms with Crippen molar-refractivity contribution in [1.82, 2.24) is 24.6 Å². The van der Waals surface area contributed by atoms with E-state index in [4.69, 9.17) is 0 Å². The van der Waals surface area contributed by atoms with Gasteiger partial charge in [0, 0.05) is 44.2 Å². The normalized spacial score (nSPS) is 15.7. The molecule has 196 valence electrons. The van der Waals surface area contributed by atoms with Gasteiger partial charge in [-0.3, -0.25) is 14.2 Å². The molecule has 2 amide bonds. The van der Waals surface area contributed by atoms with Crippen LogP contribution in [0.4, 0.5) is 0 Å². The molecule has 2 heterocycles. The topological polar surface area (TPSA) is 71.3 Å². The summed E-state index contributed by atoms with van der Waals surface area (Å²) in [7, 11) is 0. The number of thioether (sulfide) groups is 1. The molecule has 1 fully saturated rings. The Morgan fingerprint density at radius 3 is 2.54 bits per heavy atom. The number of piperazine rings is 1. The molecule has 2 aromatic carbocycles. The van der Waals surface area contributed by atoms with Crippen molar-refractivity contribution in [3.05, 3.63) is 71.5 Å². The number of rotatable bonds is 10. The number of aryl methyl sites for hydroxylation is 1. The van der Waals surface area contributed by atoms with Gasteiger partial charge >= 0.3 is 0 Å². The van der Waals surface area contributed by atoms with Crippen molar-refractivity contribution >= 4 is 23.6 Å². The number of carbonyl (C=O) groups is 2. The van der Waals surface area contributed by atoms with Crippen molar-refractivity contribution in [2.45, 2.75) is 64.1 Å². The lowest BCUT2D eigenvalue weighted by Gasteiger charge is -2.40. The summed E-state index contributed by atoms with van der Waals surface area (Å²) in [5.74, 6) is 1.40. The minimum Gasteiger partial charge on any atom is -0.338 e. The van der Waals surface area contributed by atoms with Crippen molar-refractivity contribution in [1.29, 1.82) is 0 Å². The molecule has 8 heteroatoms. The fraction of sp³-hybridized carbons (Fsp3) is 0.448. The van der Waals surface area contributed by atoms with Gasteiger partial charge in [-0.05, 0) is 43.5 Å². The van der Waals surface area contributed by atoms with Crippen molar-refractivity contribution in [3.8, 4) is 5.69 Å². The van der Waals surface area contributed by atoms with Crippen molar-refractivity contribution in [2.75, 3.05) is 25.4 Å². The minimum atomic E-state index is 0.0326. The number of hydrogen-bond donors (Lipinski definition) is 0. The van der Waals surface area contributed by atoms with Crippen LogP contribution in [0.3, 0.4) is 0 Å². The lowest BCUT2D eigenvalue weighted by Crippen LogP contribution is -2.55. The number of hydrogen-bond acceptors (Lipinski definition) is 5. The zero-order valence-corrected chi connectivity index (χ0v) is 22.9. The van der Waals surface area contributed by atoms with Gasteiger partial charge in [0.05, 0.1) is 5.75 Å². The van der Waals surface area contributed by atoms with E-state index in [-0.39, 0.29) is 23.6 Å². The largest absolute Gasteiger partial charge is 0.338 e. The first-order valence-electron chi connectivity index (χ1n) is 13.2. The highest BCUT2D eigenvalue weighted by molar-refractivity contribution is 7.99. The van der Waals surface area contributed by atoms with Crippen LogP contribution in [0, 0.1) is 6.92 Å². The molecule has 0 saturated carbocycles. The van der Waals surface area contributed by atoms with E-state index >= 15 is 0 Å². The molecule has 0 bridgehead atoms. The molecule has 3 aromatic rings. The first-order valence-corrected chi connectivity index (χ1v) is 14.2. The average Bonchev–Trinajstić information content (AvgIpc) is 3.30. The van der Waals surface area contributed by atoms with Crippen LogP contribution in [-0.2, 0) is 16.0 Å². The highest BCUT2D eigenvalue weighted by atomic mass is 32.2. The molecule has 0 aliphatic carbocycles. The van der Waals surface area contributed by atoms with Crippen molar-refractivity contribution in [2.24, 2.45) is 0 Å². The number of amides is 2. The molecule has 1 atom stereocenters. The Morgan fingerprint density at radius 2 is 1.81 bits per heavy atom. The zero-order valence-electron chi connectivity index (χ0n) is 22.1. The van der Waals surface area contributed by atoms with E-state index < -0.39 is 0 Å². The van der Waals surface area contributed by atoms with Crippen molar-refractivity contribution < 1.29 is 9.59 Å². The van der Waals surface area contributed by atoms with Crippen LogP contribution in [0.15, 0.2) is 59.8 Å². The smallest absolute Gasteiger partial charge is 0.233 e. The summed E-state index contributed by atoms with van der Waals surface area (Å²) in [6.07, 6.45) is 4.37. The Labute approximate surface area is 224 Å². The van der Waals surface area contributed by atoms with Crippen LogP contribution in [0.25, 0.3) is 5.69 Å². The molecule has 1 saturated heterocycles. The van der Waals surface area contributed by atoms with E-state index in [0.717, 1.165) is 41.9 Å². The van der Waals surface area contributed by atoms with Crippen molar-refractivity contribution in [3.63, 3.8) is 0 Å². The summed E-state index contributed by atoms with van der Waals surface area (Å²) in [4.78, 5) is 29.6. The third kappa shape index (κ3) is 7.01. The zero-order chi connectivity index (χ0) is 26.2. The predicted molar refractivity (Wildman–Crippen MR) is 148 cm³/mol. The number of carbonyl (C=O) groups excluding carboxylic acids is 2. The molecule has 1 aliphatic rings. The monoisotopic (exact) mass is 519 g/mol. The Bertz CT molecular complexity index is 1200. The van der Waals surface area contributed by atoms with Crippen LogP contribution >= 0.6 is 11.8 Å². The Morgan fingerprint density at radius 1 is 1.00 bits per heavy atom. The Hall–Kier alpha value is -3.13. The average molecular weight is 520 g/mol. The standard InChI is InChI=1S/C29H37N5O2S/c1-4-5-7-15-27(35)33-17-16-32(20-23(33)3)28(36)21-37-29-31-30-26(19-24-12-8-6-9-13-24)34(29)25-14-10-11-22(2)18-25/h6,8-14,18,23H,4-5,7,15-17,19-21H2,1-3H3. The highest BCUT2D eigenvalue weighted by Gasteiger charge is 2.29. The molecule has 0 N–H and O–H groups in total. The van der Waals surface area contributed by atoms with Crippen LogP contribution in [-0.4, -0.2) is 67.8 Å². The molecular formula is C29H37N5O2S. The highest BCUT2D eigenvalue weighted by Crippen LogP contribution is 2.25. The SMILES string of the molecule is CCCCCC(=O)N1CCN(C(=O)CSc2nnc(Cc3ccccc3)n2-c2cccc(C)c2)CC1C. The van der Waals surface area contributed by atoms with Gasteiger partial charge in [-0.15, -0.1) is 10.2 Å². The quantitative estimate of drug-likeness (QED) is 0.282. The molecule has 0 spiro atoms. The first kappa shape index (κ1) is 26.9. The van der Waals surface area contributed by atoms with Crippen LogP contribution in [0.1, 0.15) is 56.5 Å². The summed E-state index contributed by atoms with van der Waals surface area (Å²) in [6, 6.07) is 18.5. The molecule has 7 nitrogen and oxygen atoms in total. The van der Waals surface area contributed by atoms with Gasteiger partial charge in [0.25, 0.3) is 0 Å². The Kier molecular flexibility index (Phi) is 9.39. The first-order chi connectivity index (χ1) is 18.0. The fourth-order valence-corrected chi connectivity index (χ4v) is 5.63. The van der Waals surface area contributed by atoms with E-state index in [1.54, 1.807) is 0 Å². The maximum Gasteiger partial charge on any atom is 0.233 e. The molecule has 1 unspecified atom stereocenters. The number of unbranched alkanes of at least 4 members (excludes halogenated alkanes) is 2. The lowest BCUT2D eigenvalue weighted by atomic mass is 10.1. The van der Waals surface area contributed by atoms with Gasteiger partial charge in [0.15, 0.2) is 5.16 Å². The van der Waals surface area contributed by atoms with E-state index in [1.165, 1.54) is 11.8 Å². The summed E-state index contributed by atoms with van der Waals surface area (Å²) >= 11 is 1.42. The van der Waals surface area contributed by atoms with Crippen LogP contribution < -0.4 is 0 Å². The second kappa shape index (κ2) is 12.9. The summed E-state index contributed by atoms with van der Waals surface area (Å²) in [5, 5.41) is 9.69. The van der Waals surface area contributed by atoms with Crippen LogP contribution in [0.5, 0.6) is 0 Å². The van der Waals surface area contributed by atoms with Crippen LogP contribution in [0.2, 0.25) is 0 Å². The molecule has 0 radical (unpaired) electrons. The third-order valence-corrected chi connectivity index (χ3v) is 7.70. The van der Waals surface area contributed by atoms with E-state index in [9.17, 15) is 9.59 Å². The second-order valence-corrected chi connectivity index (χ2v) is 10.7. The number of nitrogens with zero attached hydrogens (tertiary/aromatic N) is 5.